The number of nitrogens with one attached hydrogen (secondary N) is 2. The number of nitrogen functional groups attached to an aromatic ring is 1. The molecule has 0 saturated carbocycles. The van der Waals surface area contributed by atoms with Crippen molar-refractivity contribution in [2.75, 3.05) is 23.5 Å². The smallest absolute Gasteiger partial charge is 0.292 e. The fourth-order valence-corrected chi connectivity index (χ4v) is 2.12. The van der Waals surface area contributed by atoms with Gasteiger partial charge < -0.3 is 21.1 Å². The van der Waals surface area contributed by atoms with Crippen molar-refractivity contribution >= 4 is 34.6 Å². The lowest BCUT2D eigenvalue weighted by molar-refractivity contribution is -0.383. The predicted molar refractivity (Wildman–Crippen MR) is 92.8 cm³/mol. The third-order valence-corrected chi connectivity index (χ3v) is 3.26. The van der Waals surface area contributed by atoms with E-state index in [1.54, 1.807) is 12.1 Å². The van der Waals surface area contributed by atoms with E-state index in [1.807, 2.05) is 0 Å². The largest absolute Gasteiger partial charge is 0.495 e. The van der Waals surface area contributed by atoms with Crippen LogP contribution >= 0.6 is 0 Å². The second-order valence-electron chi connectivity index (χ2n) is 5.08. The summed E-state index contributed by atoms with van der Waals surface area (Å²) >= 11 is 0. The molecule has 130 valence electrons. The molecule has 0 bridgehead atoms. The summed E-state index contributed by atoms with van der Waals surface area (Å²) in [5.41, 5.74) is 5.96. The normalized spacial score (nSPS) is 10.0. The quantitative estimate of drug-likeness (QED) is 0.433. The number of carbonyl (C=O) groups is 2. The van der Waals surface area contributed by atoms with Gasteiger partial charge in [0.15, 0.2) is 0 Å². The first-order chi connectivity index (χ1) is 11.8. The van der Waals surface area contributed by atoms with Gasteiger partial charge in [-0.1, -0.05) is 0 Å². The van der Waals surface area contributed by atoms with Gasteiger partial charge in [-0.15, -0.1) is 0 Å². The van der Waals surface area contributed by atoms with Gasteiger partial charge in [-0.3, -0.25) is 19.7 Å². The molecular formula is C16H16N4O5. The van der Waals surface area contributed by atoms with Crippen molar-refractivity contribution in [1.29, 1.82) is 0 Å². The number of ether oxygens (including phenoxy) is 1. The second kappa shape index (κ2) is 7.30. The van der Waals surface area contributed by atoms with Gasteiger partial charge in [0.05, 0.1) is 17.7 Å². The molecule has 2 aromatic carbocycles. The van der Waals surface area contributed by atoms with Crippen molar-refractivity contribution in [1.82, 2.24) is 0 Å². The van der Waals surface area contributed by atoms with Gasteiger partial charge in [-0.25, -0.2) is 0 Å². The van der Waals surface area contributed by atoms with Crippen LogP contribution in [0.3, 0.4) is 0 Å². The molecule has 0 aliphatic rings. The number of rotatable bonds is 5. The number of nitro groups is 1. The Morgan fingerprint density at radius 1 is 1.16 bits per heavy atom. The lowest BCUT2D eigenvalue weighted by Gasteiger charge is -2.12. The molecule has 9 heteroatoms. The lowest BCUT2D eigenvalue weighted by Crippen LogP contribution is -2.14. The van der Waals surface area contributed by atoms with Gasteiger partial charge in [0.2, 0.25) is 5.91 Å². The Kier molecular flexibility index (Phi) is 5.18. The molecule has 2 aromatic rings. The molecule has 0 spiro atoms. The molecule has 0 atom stereocenters. The maximum absolute atomic E-state index is 12.4. The van der Waals surface area contributed by atoms with Gasteiger partial charge in [0.1, 0.15) is 11.4 Å². The number of hydrogen-bond donors (Lipinski definition) is 3. The fraction of sp³-hybridized carbons (Fsp3) is 0.125. The number of nitro benzene ring substituents is 1. The molecule has 2 amide bonds. The van der Waals surface area contributed by atoms with Crippen LogP contribution in [-0.4, -0.2) is 23.8 Å². The third-order valence-electron chi connectivity index (χ3n) is 3.26. The zero-order valence-electron chi connectivity index (χ0n) is 13.5. The van der Waals surface area contributed by atoms with E-state index in [2.05, 4.69) is 10.6 Å². The minimum atomic E-state index is -0.663. The number of hydrogen-bond acceptors (Lipinski definition) is 6. The summed E-state index contributed by atoms with van der Waals surface area (Å²) in [6.45, 7) is 1.36. The van der Waals surface area contributed by atoms with Crippen molar-refractivity contribution in [3.63, 3.8) is 0 Å². The van der Waals surface area contributed by atoms with E-state index >= 15 is 0 Å². The first-order valence-electron chi connectivity index (χ1n) is 7.12. The Morgan fingerprint density at radius 2 is 1.88 bits per heavy atom. The van der Waals surface area contributed by atoms with Crippen LogP contribution in [0.1, 0.15) is 17.3 Å². The van der Waals surface area contributed by atoms with E-state index in [0.29, 0.717) is 17.1 Å². The standard InChI is InChI=1S/C16H16N4O5/c1-9(21)18-11-4-6-15(25-2)13(8-11)19-16(22)10-3-5-12(17)14(7-10)20(23)24/h3-8H,17H2,1-2H3,(H,18,21)(H,19,22). The molecular weight excluding hydrogens is 328 g/mol. The summed E-state index contributed by atoms with van der Waals surface area (Å²) < 4.78 is 5.17. The summed E-state index contributed by atoms with van der Waals surface area (Å²) in [7, 11) is 1.43. The monoisotopic (exact) mass is 344 g/mol. The molecule has 0 fully saturated rings. The number of nitrogens with zero attached hydrogens (tertiary/aromatic N) is 1. The molecule has 0 heterocycles. The van der Waals surface area contributed by atoms with Gasteiger partial charge in [-0.05, 0) is 30.3 Å². The Labute approximate surface area is 142 Å². The van der Waals surface area contributed by atoms with Crippen LogP contribution in [-0.2, 0) is 4.79 Å². The highest BCUT2D eigenvalue weighted by atomic mass is 16.6. The van der Waals surface area contributed by atoms with Crippen LogP contribution in [0, 0.1) is 10.1 Å². The van der Waals surface area contributed by atoms with Crippen molar-refractivity contribution in [2.24, 2.45) is 0 Å². The molecule has 0 radical (unpaired) electrons. The average molecular weight is 344 g/mol. The summed E-state index contributed by atoms with van der Waals surface area (Å²) in [4.78, 5) is 33.8. The van der Waals surface area contributed by atoms with E-state index in [9.17, 15) is 19.7 Å². The van der Waals surface area contributed by atoms with E-state index in [4.69, 9.17) is 10.5 Å². The average Bonchev–Trinajstić information content (AvgIpc) is 2.54. The summed E-state index contributed by atoms with van der Waals surface area (Å²) in [5, 5.41) is 16.1. The number of anilines is 3. The number of methoxy groups -OCH3 is 1. The number of nitrogens with two attached hydrogens (primary N) is 1. The van der Waals surface area contributed by atoms with Gasteiger partial charge in [-0.2, -0.15) is 0 Å². The van der Waals surface area contributed by atoms with Gasteiger partial charge in [0.25, 0.3) is 11.6 Å². The lowest BCUT2D eigenvalue weighted by atomic mass is 10.1. The number of amides is 2. The molecule has 0 aliphatic carbocycles. The SMILES string of the molecule is COc1ccc(NC(C)=O)cc1NC(=O)c1ccc(N)c([N+](=O)[O-])c1. The van der Waals surface area contributed by atoms with Gasteiger partial charge >= 0.3 is 0 Å². The second-order valence-corrected chi connectivity index (χ2v) is 5.08. The van der Waals surface area contributed by atoms with E-state index in [0.717, 1.165) is 6.07 Å². The van der Waals surface area contributed by atoms with Crippen LogP contribution in [0.5, 0.6) is 5.75 Å². The Morgan fingerprint density at radius 3 is 2.48 bits per heavy atom. The molecule has 4 N–H and O–H groups in total. The minimum absolute atomic E-state index is 0.0354. The number of carbonyl (C=O) groups excluding carboxylic acids is 2. The van der Waals surface area contributed by atoms with Crippen molar-refractivity contribution in [2.45, 2.75) is 6.92 Å². The third kappa shape index (κ3) is 4.22. The molecule has 0 aromatic heterocycles. The van der Waals surface area contributed by atoms with Crippen LogP contribution < -0.4 is 21.1 Å². The summed E-state index contributed by atoms with van der Waals surface area (Å²) in [5.74, 6) is -0.481. The summed E-state index contributed by atoms with van der Waals surface area (Å²) in [6, 6.07) is 8.47. The number of benzene rings is 2. The molecule has 25 heavy (non-hydrogen) atoms. The van der Waals surface area contributed by atoms with Crippen molar-refractivity contribution in [3.8, 4) is 5.75 Å². The van der Waals surface area contributed by atoms with Crippen LogP contribution in [0.15, 0.2) is 36.4 Å². The summed E-state index contributed by atoms with van der Waals surface area (Å²) in [6.07, 6.45) is 0. The van der Waals surface area contributed by atoms with Crippen LogP contribution in [0.2, 0.25) is 0 Å². The van der Waals surface area contributed by atoms with E-state index < -0.39 is 10.8 Å². The maximum atomic E-state index is 12.4. The molecule has 0 saturated heterocycles. The van der Waals surface area contributed by atoms with Crippen molar-refractivity contribution < 1.29 is 19.2 Å². The van der Waals surface area contributed by atoms with E-state index in [1.165, 1.54) is 32.2 Å². The molecule has 0 aliphatic heterocycles. The predicted octanol–water partition coefficient (Wildman–Crippen LogP) is 2.40. The Balaban J connectivity index is 2.32. The Hall–Kier alpha value is -3.62. The minimum Gasteiger partial charge on any atom is -0.495 e. The first-order valence-corrected chi connectivity index (χ1v) is 7.12. The zero-order valence-corrected chi connectivity index (χ0v) is 13.5. The van der Waals surface area contributed by atoms with E-state index in [-0.39, 0.29) is 22.8 Å². The highest BCUT2D eigenvalue weighted by molar-refractivity contribution is 6.06. The topological polar surface area (TPSA) is 137 Å². The molecule has 2 rings (SSSR count). The highest BCUT2D eigenvalue weighted by Gasteiger charge is 2.17. The van der Waals surface area contributed by atoms with Gasteiger partial charge in [0, 0.05) is 24.2 Å². The van der Waals surface area contributed by atoms with Crippen LogP contribution in [0.4, 0.5) is 22.7 Å². The zero-order chi connectivity index (χ0) is 18.6. The molecule has 9 nitrogen and oxygen atoms in total. The maximum Gasteiger partial charge on any atom is 0.292 e. The highest BCUT2D eigenvalue weighted by Crippen LogP contribution is 2.29. The first kappa shape index (κ1) is 17.7. The molecule has 0 unspecified atom stereocenters. The van der Waals surface area contributed by atoms with Crippen LogP contribution in [0.25, 0.3) is 0 Å². The Bertz CT molecular complexity index is 850. The fourth-order valence-electron chi connectivity index (χ4n) is 2.12. The van der Waals surface area contributed by atoms with Crippen molar-refractivity contribution in [3.05, 3.63) is 52.1 Å².